The molecule has 1 amide bonds. The van der Waals surface area contributed by atoms with E-state index in [1.54, 1.807) is 12.3 Å². The van der Waals surface area contributed by atoms with Gasteiger partial charge < -0.3 is 14.6 Å². The quantitative estimate of drug-likeness (QED) is 0.575. The molecule has 0 bridgehead atoms. The molecular weight excluding hydrogens is 216 g/mol. The molecule has 1 saturated carbocycles. The molecule has 1 aromatic rings. The Labute approximate surface area is 101 Å². The van der Waals surface area contributed by atoms with Gasteiger partial charge in [-0.1, -0.05) is 6.08 Å². The first-order chi connectivity index (χ1) is 8.31. The fourth-order valence-corrected chi connectivity index (χ4v) is 1.76. The normalized spacial score (nSPS) is 14.6. The van der Waals surface area contributed by atoms with Crippen molar-refractivity contribution < 1.29 is 9.21 Å². The van der Waals surface area contributed by atoms with Gasteiger partial charge in [-0.3, -0.25) is 4.79 Å². The number of amides is 1. The summed E-state index contributed by atoms with van der Waals surface area (Å²) in [6.45, 7) is 5.21. The summed E-state index contributed by atoms with van der Waals surface area (Å²) in [5.74, 6) is 0.972. The Bertz CT molecular complexity index is 369. The van der Waals surface area contributed by atoms with Crippen molar-refractivity contribution in [1.29, 1.82) is 0 Å². The molecule has 0 aromatic carbocycles. The van der Waals surface area contributed by atoms with Crippen molar-refractivity contribution in [2.75, 3.05) is 13.1 Å². The highest BCUT2D eigenvalue weighted by Gasteiger charge is 2.32. The van der Waals surface area contributed by atoms with Crippen molar-refractivity contribution in [3.8, 4) is 0 Å². The van der Waals surface area contributed by atoms with Crippen molar-refractivity contribution in [1.82, 2.24) is 10.2 Å². The van der Waals surface area contributed by atoms with E-state index in [9.17, 15) is 4.79 Å². The van der Waals surface area contributed by atoms with E-state index in [-0.39, 0.29) is 5.91 Å². The lowest BCUT2D eigenvalue weighted by atomic mass is 10.3. The van der Waals surface area contributed by atoms with Crippen molar-refractivity contribution >= 4 is 5.91 Å². The first-order valence-electron chi connectivity index (χ1n) is 5.94. The minimum absolute atomic E-state index is 0.130. The monoisotopic (exact) mass is 234 g/mol. The molecule has 0 saturated heterocycles. The van der Waals surface area contributed by atoms with E-state index in [2.05, 4.69) is 11.9 Å². The highest BCUT2D eigenvalue weighted by atomic mass is 16.3. The first-order valence-corrected chi connectivity index (χ1v) is 5.94. The molecule has 2 rings (SSSR count). The van der Waals surface area contributed by atoms with Crippen LogP contribution in [0.2, 0.25) is 0 Å². The van der Waals surface area contributed by atoms with Crippen LogP contribution in [0.3, 0.4) is 0 Å². The van der Waals surface area contributed by atoms with Gasteiger partial charge in [0.05, 0.1) is 19.4 Å². The second-order valence-electron chi connectivity index (χ2n) is 4.25. The summed E-state index contributed by atoms with van der Waals surface area (Å²) >= 11 is 0. The fourth-order valence-electron chi connectivity index (χ4n) is 1.76. The highest BCUT2D eigenvalue weighted by Crippen LogP contribution is 2.28. The molecule has 1 aliphatic carbocycles. The minimum Gasteiger partial charge on any atom is -0.467 e. The fraction of sp³-hybridized carbons (Fsp3) is 0.462. The van der Waals surface area contributed by atoms with Crippen LogP contribution in [0.5, 0.6) is 0 Å². The van der Waals surface area contributed by atoms with Crippen LogP contribution in [0.15, 0.2) is 35.5 Å². The zero-order valence-electron chi connectivity index (χ0n) is 9.89. The lowest BCUT2D eigenvalue weighted by Crippen LogP contribution is -2.39. The Morgan fingerprint density at radius 3 is 3.06 bits per heavy atom. The predicted molar refractivity (Wildman–Crippen MR) is 65.3 cm³/mol. The number of furan rings is 1. The predicted octanol–water partition coefficient (Wildman–Crippen LogP) is 1.55. The maximum Gasteiger partial charge on any atom is 0.237 e. The van der Waals surface area contributed by atoms with E-state index in [1.807, 2.05) is 17.0 Å². The minimum atomic E-state index is 0.130. The average molecular weight is 234 g/mol. The maximum absolute atomic E-state index is 12.0. The third-order valence-corrected chi connectivity index (χ3v) is 2.78. The molecule has 0 atom stereocenters. The van der Waals surface area contributed by atoms with Crippen LogP contribution in [0.4, 0.5) is 0 Å². The van der Waals surface area contributed by atoms with Gasteiger partial charge in [0.15, 0.2) is 0 Å². The van der Waals surface area contributed by atoms with E-state index in [1.165, 1.54) is 0 Å². The van der Waals surface area contributed by atoms with Crippen molar-refractivity contribution in [3.05, 3.63) is 36.8 Å². The molecule has 0 spiro atoms. The largest absolute Gasteiger partial charge is 0.467 e. The van der Waals surface area contributed by atoms with Crippen LogP contribution in [-0.2, 0) is 11.3 Å². The molecule has 1 heterocycles. The number of carbonyl (C=O) groups is 1. The second-order valence-corrected chi connectivity index (χ2v) is 4.25. The van der Waals surface area contributed by atoms with Gasteiger partial charge in [-0.05, 0) is 25.0 Å². The summed E-state index contributed by atoms with van der Waals surface area (Å²) in [6.07, 6.45) is 5.60. The van der Waals surface area contributed by atoms with Gasteiger partial charge in [-0.15, -0.1) is 6.58 Å². The van der Waals surface area contributed by atoms with Gasteiger partial charge in [-0.25, -0.2) is 0 Å². The highest BCUT2D eigenvalue weighted by molar-refractivity contribution is 5.78. The zero-order chi connectivity index (χ0) is 12.1. The average Bonchev–Trinajstić information content (AvgIpc) is 3.03. The first kappa shape index (κ1) is 11.9. The summed E-state index contributed by atoms with van der Waals surface area (Å²) in [5, 5.41) is 3.04. The number of hydrogen-bond acceptors (Lipinski definition) is 3. The van der Waals surface area contributed by atoms with E-state index in [0.717, 1.165) is 18.6 Å². The van der Waals surface area contributed by atoms with E-state index in [0.29, 0.717) is 25.7 Å². The van der Waals surface area contributed by atoms with E-state index < -0.39 is 0 Å². The second kappa shape index (κ2) is 5.68. The van der Waals surface area contributed by atoms with Gasteiger partial charge in [0.1, 0.15) is 5.76 Å². The van der Waals surface area contributed by atoms with Gasteiger partial charge in [0.25, 0.3) is 0 Å². The third-order valence-electron chi connectivity index (χ3n) is 2.78. The summed E-state index contributed by atoms with van der Waals surface area (Å²) < 4.78 is 5.29. The lowest BCUT2D eigenvalue weighted by Gasteiger charge is -2.21. The van der Waals surface area contributed by atoms with Crippen LogP contribution >= 0.6 is 0 Å². The van der Waals surface area contributed by atoms with Crippen LogP contribution in [0, 0.1) is 0 Å². The molecule has 1 aromatic heterocycles. The number of hydrogen-bond donors (Lipinski definition) is 1. The molecule has 0 aliphatic heterocycles. The smallest absolute Gasteiger partial charge is 0.237 e. The Morgan fingerprint density at radius 2 is 2.47 bits per heavy atom. The third kappa shape index (κ3) is 3.46. The topological polar surface area (TPSA) is 45.5 Å². The molecular formula is C13H18N2O2. The number of nitrogens with one attached hydrogen (secondary N) is 1. The molecule has 1 N–H and O–H groups in total. The SMILES string of the molecule is C=CCNCC(=O)N(Cc1ccco1)C1CC1. The lowest BCUT2D eigenvalue weighted by molar-refractivity contribution is -0.131. The Balaban J connectivity index is 1.87. The molecule has 1 fully saturated rings. The van der Waals surface area contributed by atoms with Crippen LogP contribution in [0.25, 0.3) is 0 Å². The Hall–Kier alpha value is -1.55. The molecule has 1 aliphatic rings. The molecule has 4 heteroatoms. The van der Waals surface area contributed by atoms with Gasteiger partial charge in [-0.2, -0.15) is 0 Å². The van der Waals surface area contributed by atoms with Crippen LogP contribution in [0.1, 0.15) is 18.6 Å². The number of carbonyl (C=O) groups excluding carboxylic acids is 1. The van der Waals surface area contributed by atoms with Crippen LogP contribution < -0.4 is 5.32 Å². The molecule has 17 heavy (non-hydrogen) atoms. The van der Waals surface area contributed by atoms with Crippen molar-refractivity contribution in [2.45, 2.75) is 25.4 Å². The van der Waals surface area contributed by atoms with E-state index >= 15 is 0 Å². The summed E-state index contributed by atoms with van der Waals surface area (Å²) in [7, 11) is 0. The molecule has 92 valence electrons. The van der Waals surface area contributed by atoms with Crippen LogP contribution in [-0.4, -0.2) is 29.9 Å². The summed E-state index contributed by atoms with van der Waals surface area (Å²) in [4.78, 5) is 13.9. The zero-order valence-corrected chi connectivity index (χ0v) is 9.89. The van der Waals surface area contributed by atoms with Gasteiger partial charge in [0, 0.05) is 12.6 Å². The van der Waals surface area contributed by atoms with E-state index in [4.69, 9.17) is 4.42 Å². The Morgan fingerprint density at radius 1 is 1.65 bits per heavy atom. The summed E-state index contributed by atoms with van der Waals surface area (Å²) in [6, 6.07) is 4.15. The molecule has 4 nitrogen and oxygen atoms in total. The van der Waals surface area contributed by atoms with Gasteiger partial charge in [0.2, 0.25) is 5.91 Å². The van der Waals surface area contributed by atoms with Gasteiger partial charge >= 0.3 is 0 Å². The molecule has 0 unspecified atom stereocenters. The standard InChI is InChI=1S/C13H18N2O2/c1-2-7-14-9-13(16)15(11-5-6-11)10-12-4-3-8-17-12/h2-4,8,11,14H,1,5-7,9-10H2. The summed E-state index contributed by atoms with van der Waals surface area (Å²) in [5.41, 5.74) is 0. The Kier molecular flexibility index (Phi) is 3.98. The maximum atomic E-state index is 12.0. The molecule has 0 radical (unpaired) electrons. The van der Waals surface area contributed by atoms with Crippen molar-refractivity contribution in [3.63, 3.8) is 0 Å². The van der Waals surface area contributed by atoms with Crippen molar-refractivity contribution in [2.24, 2.45) is 0 Å². The number of rotatable bonds is 7. The number of nitrogens with zero attached hydrogens (tertiary/aromatic N) is 1.